The molecule has 0 saturated carbocycles. The van der Waals surface area contributed by atoms with Crippen molar-refractivity contribution < 1.29 is 14.3 Å². The van der Waals surface area contributed by atoms with Crippen LogP contribution >= 0.6 is 0 Å². The molecule has 4 heteroatoms. The number of rotatable bonds is 5. The second-order valence-electron chi connectivity index (χ2n) is 2.16. The molecule has 0 aromatic carbocycles. The van der Waals surface area contributed by atoms with Crippen LogP contribution in [0.25, 0.3) is 0 Å². The van der Waals surface area contributed by atoms with Crippen LogP contribution in [0, 0.1) is 0 Å². The Morgan fingerprint density at radius 2 is 2.09 bits per heavy atom. The third-order valence-corrected chi connectivity index (χ3v) is 1.24. The summed E-state index contributed by atoms with van der Waals surface area (Å²) >= 11 is 0. The fourth-order valence-electron chi connectivity index (χ4n) is 0.619. The molecule has 0 radical (unpaired) electrons. The summed E-state index contributed by atoms with van der Waals surface area (Å²) in [5, 5.41) is 0. The van der Waals surface area contributed by atoms with Gasteiger partial charge in [0.15, 0.2) is 0 Å². The first-order valence-electron chi connectivity index (χ1n) is 3.60. The van der Waals surface area contributed by atoms with Gasteiger partial charge >= 0.3 is 6.09 Å². The van der Waals surface area contributed by atoms with Crippen LogP contribution in [0.4, 0.5) is 4.79 Å². The van der Waals surface area contributed by atoms with Gasteiger partial charge in [0.1, 0.15) is 5.78 Å². The molecule has 64 valence electrons. The Morgan fingerprint density at radius 3 is 2.55 bits per heavy atom. The maximum atomic E-state index is 10.7. The van der Waals surface area contributed by atoms with Crippen LogP contribution in [-0.4, -0.2) is 18.5 Å². The van der Waals surface area contributed by atoms with Gasteiger partial charge in [0.2, 0.25) is 0 Å². The number of ketones is 1. The van der Waals surface area contributed by atoms with Gasteiger partial charge < -0.3 is 10.5 Å². The molecule has 0 heterocycles. The monoisotopic (exact) mass is 159 g/mol. The lowest BCUT2D eigenvalue weighted by atomic mass is 10.2. The summed E-state index contributed by atoms with van der Waals surface area (Å²) in [4.78, 5) is 20.7. The molecule has 2 N–H and O–H groups in total. The Balaban J connectivity index is 3.14. The highest BCUT2D eigenvalue weighted by atomic mass is 16.5. The minimum atomic E-state index is -0.783. The van der Waals surface area contributed by atoms with E-state index in [-0.39, 0.29) is 12.4 Å². The minimum absolute atomic E-state index is 0.179. The Morgan fingerprint density at radius 1 is 1.45 bits per heavy atom. The molecule has 0 aromatic heterocycles. The van der Waals surface area contributed by atoms with E-state index in [9.17, 15) is 9.59 Å². The summed E-state index contributed by atoms with van der Waals surface area (Å²) in [6.07, 6.45) is 0.782. The third-order valence-electron chi connectivity index (χ3n) is 1.24. The van der Waals surface area contributed by atoms with Gasteiger partial charge in [-0.3, -0.25) is 4.79 Å². The topological polar surface area (TPSA) is 69.4 Å². The van der Waals surface area contributed by atoms with Gasteiger partial charge in [-0.2, -0.15) is 0 Å². The standard InChI is InChI=1S/C7H13NO3/c1-2-6(9)4-3-5-11-7(8)10/h2-5H2,1H3,(H2,8,10). The summed E-state index contributed by atoms with van der Waals surface area (Å²) in [5.74, 6) is 0.179. The average molecular weight is 159 g/mol. The summed E-state index contributed by atoms with van der Waals surface area (Å²) in [7, 11) is 0. The van der Waals surface area contributed by atoms with E-state index in [2.05, 4.69) is 4.74 Å². The molecule has 1 amide bonds. The first kappa shape index (κ1) is 9.94. The Labute approximate surface area is 65.7 Å². The molecule has 0 spiro atoms. The zero-order valence-electron chi connectivity index (χ0n) is 6.63. The van der Waals surface area contributed by atoms with E-state index in [1.807, 2.05) is 0 Å². The zero-order chi connectivity index (χ0) is 8.69. The van der Waals surface area contributed by atoms with Crippen molar-refractivity contribution in [3.63, 3.8) is 0 Å². The predicted molar refractivity (Wildman–Crippen MR) is 40.1 cm³/mol. The molecule has 11 heavy (non-hydrogen) atoms. The minimum Gasteiger partial charge on any atom is -0.450 e. The van der Waals surface area contributed by atoms with Gasteiger partial charge in [-0.25, -0.2) is 4.79 Å². The zero-order valence-corrected chi connectivity index (χ0v) is 6.63. The van der Waals surface area contributed by atoms with E-state index >= 15 is 0 Å². The molecule has 0 bridgehead atoms. The molecule has 0 aliphatic carbocycles. The molecule has 4 nitrogen and oxygen atoms in total. The van der Waals surface area contributed by atoms with Crippen LogP contribution in [0.1, 0.15) is 26.2 Å². The molecular weight excluding hydrogens is 146 g/mol. The van der Waals surface area contributed by atoms with Gasteiger partial charge in [-0.15, -0.1) is 0 Å². The van der Waals surface area contributed by atoms with E-state index in [0.29, 0.717) is 19.3 Å². The van der Waals surface area contributed by atoms with Crippen LogP contribution in [0.5, 0.6) is 0 Å². The van der Waals surface area contributed by atoms with Gasteiger partial charge in [0, 0.05) is 12.8 Å². The van der Waals surface area contributed by atoms with Gasteiger partial charge in [0.05, 0.1) is 6.61 Å². The van der Waals surface area contributed by atoms with Crippen molar-refractivity contribution >= 4 is 11.9 Å². The number of carbonyl (C=O) groups is 2. The number of primary amides is 1. The van der Waals surface area contributed by atoms with Gasteiger partial charge in [-0.05, 0) is 6.42 Å². The number of Topliss-reactive ketones (excluding diaryl/α,β-unsaturated/α-hetero) is 1. The maximum Gasteiger partial charge on any atom is 0.404 e. The summed E-state index contributed by atoms with van der Waals surface area (Å²) in [6.45, 7) is 2.04. The summed E-state index contributed by atoms with van der Waals surface area (Å²) in [5.41, 5.74) is 4.70. The van der Waals surface area contributed by atoms with Crippen LogP contribution in [0.15, 0.2) is 0 Å². The van der Waals surface area contributed by atoms with Crippen molar-refractivity contribution in [2.24, 2.45) is 5.73 Å². The van der Waals surface area contributed by atoms with Gasteiger partial charge in [0.25, 0.3) is 0 Å². The maximum absolute atomic E-state index is 10.7. The first-order valence-corrected chi connectivity index (χ1v) is 3.60. The van der Waals surface area contributed by atoms with E-state index in [0.717, 1.165) is 0 Å². The fourth-order valence-corrected chi connectivity index (χ4v) is 0.619. The second-order valence-corrected chi connectivity index (χ2v) is 2.16. The number of hydrogen-bond acceptors (Lipinski definition) is 3. The molecule has 0 rings (SSSR count). The van der Waals surface area contributed by atoms with E-state index in [4.69, 9.17) is 5.73 Å². The van der Waals surface area contributed by atoms with Crippen LogP contribution in [0.3, 0.4) is 0 Å². The van der Waals surface area contributed by atoms with Crippen molar-refractivity contribution in [1.29, 1.82) is 0 Å². The molecule has 0 saturated heterocycles. The normalized spacial score (nSPS) is 9.18. The highest BCUT2D eigenvalue weighted by Gasteiger charge is 1.98. The first-order chi connectivity index (χ1) is 5.16. The van der Waals surface area contributed by atoms with Crippen LogP contribution in [0.2, 0.25) is 0 Å². The van der Waals surface area contributed by atoms with E-state index < -0.39 is 6.09 Å². The molecule has 0 atom stereocenters. The Kier molecular flexibility index (Phi) is 5.15. The van der Waals surface area contributed by atoms with E-state index in [1.165, 1.54) is 0 Å². The molecule has 0 aliphatic heterocycles. The lowest BCUT2D eigenvalue weighted by Gasteiger charge is -1.98. The molecule has 0 unspecified atom stereocenters. The van der Waals surface area contributed by atoms with Crippen LogP contribution in [-0.2, 0) is 9.53 Å². The van der Waals surface area contributed by atoms with Crippen molar-refractivity contribution in [1.82, 2.24) is 0 Å². The number of amides is 1. The van der Waals surface area contributed by atoms with E-state index in [1.54, 1.807) is 6.92 Å². The van der Waals surface area contributed by atoms with Gasteiger partial charge in [-0.1, -0.05) is 6.92 Å². The molecule has 0 fully saturated rings. The lowest BCUT2D eigenvalue weighted by Crippen LogP contribution is -2.14. The van der Waals surface area contributed by atoms with Crippen molar-refractivity contribution in [3.05, 3.63) is 0 Å². The number of hydrogen-bond donors (Lipinski definition) is 1. The molecule has 0 aromatic rings. The third kappa shape index (κ3) is 6.83. The average Bonchev–Trinajstić information content (AvgIpc) is 1.97. The Hall–Kier alpha value is -1.06. The molecular formula is C7H13NO3. The molecule has 0 aliphatic rings. The number of ether oxygens (including phenoxy) is 1. The second kappa shape index (κ2) is 5.70. The summed E-state index contributed by atoms with van der Waals surface area (Å²) < 4.78 is 4.42. The quantitative estimate of drug-likeness (QED) is 0.604. The smallest absolute Gasteiger partial charge is 0.404 e. The number of nitrogens with two attached hydrogens (primary N) is 1. The summed E-state index contributed by atoms with van der Waals surface area (Å²) in [6, 6.07) is 0. The lowest BCUT2D eigenvalue weighted by molar-refractivity contribution is -0.119. The van der Waals surface area contributed by atoms with Crippen LogP contribution < -0.4 is 5.73 Å². The largest absolute Gasteiger partial charge is 0.450 e. The highest BCUT2D eigenvalue weighted by Crippen LogP contribution is 1.94. The fraction of sp³-hybridized carbons (Fsp3) is 0.714. The van der Waals surface area contributed by atoms with Crippen molar-refractivity contribution in [3.8, 4) is 0 Å². The van der Waals surface area contributed by atoms with Crippen molar-refractivity contribution in [2.75, 3.05) is 6.61 Å². The van der Waals surface area contributed by atoms with Crippen molar-refractivity contribution in [2.45, 2.75) is 26.2 Å². The predicted octanol–water partition coefficient (Wildman–Crippen LogP) is 0.841. The highest BCUT2D eigenvalue weighted by molar-refractivity contribution is 5.77. The SMILES string of the molecule is CCC(=O)CCCOC(N)=O. The number of carbonyl (C=O) groups excluding carboxylic acids is 2. The Bertz CT molecular complexity index is 145.